The number of rotatable bonds is 12. The van der Waals surface area contributed by atoms with E-state index >= 15 is 0 Å². The van der Waals surface area contributed by atoms with Crippen molar-refractivity contribution in [1.29, 1.82) is 0 Å². The van der Waals surface area contributed by atoms with Crippen molar-refractivity contribution in [2.75, 3.05) is 31.0 Å². The number of ether oxygens (including phenoxy) is 3. The number of methoxy groups -OCH3 is 1. The van der Waals surface area contributed by atoms with Crippen LogP contribution in [0.4, 0.5) is 11.6 Å². The molecule has 0 saturated carbocycles. The molecule has 1 amide bonds. The van der Waals surface area contributed by atoms with Crippen LogP contribution in [-0.2, 0) is 10.5 Å². The number of halogens is 2. The van der Waals surface area contributed by atoms with Crippen LogP contribution in [0.15, 0.2) is 81.6 Å². The van der Waals surface area contributed by atoms with Gasteiger partial charge in [-0.25, -0.2) is 4.68 Å². The lowest BCUT2D eigenvalue weighted by Gasteiger charge is -2.29. The number of thioether (sulfide) groups is 1. The molecule has 0 aliphatic carbocycles. The summed E-state index contributed by atoms with van der Waals surface area (Å²) in [5, 5.41) is 12.5. The first-order valence-electron chi connectivity index (χ1n) is 14.2. The predicted molar refractivity (Wildman–Crippen MR) is 178 cm³/mol. The molecule has 1 atom stereocenters. The Labute approximate surface area is 274 Å². The summed E-state index contributed by atoms with van der Waals surface area (Å²) in [6.45, 7) is 6.80. The van der Waals surface area contributed by atoms with E-state index in [0.717, 1.165) is 17.5 Å². The van der Waals surface area contributed by atoms with Crippen molar-refractivity contribution in [3.63, 3.8) is 0 Å². The zero-order valence-electron chi connectivity index (χ0n) is 24.8. The third-order valence-electron chi connectivity index (χ3n) is 6.85. The maximum atomic E-state index is 14.1. The van der Waals surface area contributed by atoms with Gasteiger partial charge in [-0.3, -0.25) is 4.79 Å². The monoisotopic (exact) mass is 697 g/mol. The second-order valence-electron chi connectivity index (χ2n) is 9.87. The lowest BCUT2D eigenvalue weighted by Crippen LogP contribution is -2.31. The highest BCUT2D eigenvalue weighted by molar-refractivity contribution is 9.10. The second kappa shape index (κ2) is 14.4. The van der Waals surface area contributed by atoms with Crippen molar-refractivity contribution in [3.05, 3.63) is 92.6 Å². The van der Waals surface area contributed by atoms with Crippen molar-refractivity contribution in [3.8, 4) is 17.2 Å². The standard InChI is InChI=1S/C32H33BrClN5O4S/c1-5-15-43-29-22(33)16-21(17-26(29)41-4)28-27(30(40)36-24-13-9-10-14-25(24)42-6-2)19(3)35-31-37-32(38-39(28)31)44-18-20-11-7-8-12-23(20)34/h7-14,16-17,28H,5-6,15,18H2,1-4H3,(H,36,40)(H,35,37,38). The summed E-state index contributed by atoms with van der Waals surface area (Å²) >= 11 is 11.5. The largest absolute Gasteiger partial charge is 0.493 e. The minimum atomic E-state index is -0.641. The Balaban J connectivity index is 1.56. The Bertz CT molecular complexity index is 1700. The molecule has 5 rings (SSSR count). The predicted octanol–water partition coefficient (Wildman–Crippen LogP) is 8.11. The van der Waals surface area contributed by atoms with Crippen LogP contribution in [0.25, 0.3) is 0 Å². The highest BCUT2D eigenvalue weighted by atomic mass is 79.9. The van der Waals surface area contributed by atoms with Crippen LogP contribution in [0, 0.1) is 0 Å². The van der Waals surface area contributed by atoms with Crippen molar-refractivity contribution in [2.24, 2.45) is 0 Å². The van der Waals surface area contributed by atoms with Gasteiger partial charge in [0.05, 0.1) is 36.1 Å². The third-order valence-corrected chi connectivity index (χ3v) is 8.69. The molecule has 0 spiro atoms. The molecule has 0 saturated heterocycles. The van der Waals surface area contributed by atoms with E-state index in [1.165, 1.54) is 11.8 Å². The van der Waals surface area contributed by atoms with Crippen molar-refractivity contribution < 1.29 is 19.0 Å². The molecular weight excluding hydrogens is 666 g/mol. The molecule has 230 valence electrons. The number of carbonyl (C=O) groups is 1. The molecule has 2 N–H and O–H groups in total. The number of nitrogens with zero attached hydrogens (tertiary/aromatic N) is 3. The Morgan fingerprint density at radius 1 is 1.11 bits per heavy atom. The van der Waals surface area contributed by atoms with Gasteiger partial charge in [0.2, 0.25) is 11.1 Å². The van der Waals surface area contributed by atoms with Crippen LogP contribution in [0.1, 0.15) is 44.4 Å². The van der Waals surface area contributed by atoms with Gasteiger partial charge in [0.1, 0.15) is 11.8 Å². The van der Waals surface area contributed by atoms with Crippen LogP contribution in [0.2, 0.25) is 5.02 Å². The lowest BCUT2D eigenvalue weighted by molar-refractivity contribution is -0.113. The number of nitrogens with one attached hydrogen (secondary N) is 2. The molecule has 1 aliphatic heterocycles. The van der Waals surface area contributed by atoms with Crippen molar-refractivity contribution >= 4 is 56.8 Å². The first-order valence-corrected chi connectivity index (χ1v) is 16.3. The molecule has 2 heterocycles. The second-order valence-corrected chi connectivity index (χ2v) is 12.1. The summed E-state index contributed by atoms with van der Waals surface area (Å²) in [7, 11) is 1.59. The van der Waals surface area contributed by atoms with E-state index in [2.05, 4.69) is 26.6 Å². The normalized spacial score (nSPS) is 14.1. The number of fused-ring (bicyclic) bond motifs is 1. The summed E-state index contributed by atoms with van der Waals surface area (Å²) in [5.74, 6) is 2.52. The molecule has 0 fully saturated rings. The topological polar surface area (TPSA) is 99.5 Å². The fourth-order valence-corrected chi connectivity index (χ4v) is 6.52. The molecule has 4 aromatic rings. The SMILES string of the molecule is CCCOc1c(Br)cc(C2C(C(=O)Nc3ccccc3OCC)=C(C)Nc3nc(SCc4ccccc4Cl)nn32)cc1OC. The van der Waals surface area contributed by atoms with Gasteiger partial charge < -0.3 is 24.8 Å². The van der Waals surface area contributed by atoms with Crippen LogP contribution >= 0.6 is 39.3 Å². The summed E-state index contributed by atoms with van der Waals surface area (Å²) in [6, 6.07) is 18.2. The number of amides is 1. The quantitative estimate of drug-likeness (QED) is 0.143. The zero-order valence-corrected chi connectivity index (χ0v) is 28.0. The van der Waals surface area contributed by atoms with Crippen LogP contribution in [0.3, 0.4) is 0 Å². The highest BCUT2D eigenvalue weighted by Crippen LogP contribution is 2.43. The Kier molecular flexibility index (Phi) is 10.4. The Hall–Kier alpha value is -3.67. The number of benzene rings is 3. The maximum absolute atomic E-state index is 14.1. The van der Waals surface area contributed by atoms with Gasteiger partial charge in [-0.2, -0.15) is 4.98 Å². The summed E-state index contributed by atoms with van der Waals surface area (Å²) in [5.41, 5.74) is 3.42. The Morgan fingerprint density at radius 2 is 1.89 bits per heavy atom. The number of hydrogen-bond donors (Lipinski definition) is 2. The first kappa shape index (κ1) is 31.7. The van der Waals surface area contributed by atoms with Gasteiger partial charge in [0.25, 0.3) is 5.91 Å². The molecule has 44 heavy (non-hydrogen) atoms. The first-order chi connectivity index (χ1) is 21.3. The van der Waals surface area contributed by atoms with Gasteiger partial charge in [-0.05, 0) is 77.7 Å². The molecular formula is C32H33BrClN5O4S. The summed E-state index contributed by atoms with van der Waals surface area (Å²) in [4.78, 5) is 18.9. The number of allylic oxidation sites excluding steroid dienone is 1. The van der Waals surface area contributed by atoms with Gasteiger partial charge in [-0.15, -0.1) is 5.10 Å². The average Bonchev–Trinajstić information content (AvgIpc) is 3.42. The molecule has 0 radical (unpaired) electrons. The zero-order chi connectivity index (χ0) is 31.2. The smallest absolute Gasteiger partial charge is 0.255 e. The van der Waals surface area contributed by atoms with Crippen LogP contribution < -0.4 is 24.8 Å². The van der Waals surface area contributed by atoms with Gasteiger partial charge in [0.15, 0.2) is 11.5 Å². The number of aromatic nitrogens is 3. The average molecular weight is 699 g/mol. The molecule has 0 bridgehead atoms. The highest BCUT2D eigenvalue weighted by Gasteiger charge is 2.36. The minimum absolute atomic E-state index is 0.306. The number of carbonyl (C=O) groups excluding carboxylic acids is 1. The van der Waals surface area contributed by atoms with Crippen LogP contribution in [-0.4, -0.2) is 41.0 Å². The van der Waals surface area contributed by atoms with Crippen molar-refractivity contribution in [1.82, 2.24) is 14.8 Å². The van der Waals surface area contributed by atoms with Gasteiger partial charge in [-0.1, -0.05) is 60.6 Å². The van der Waals surface area contributed by atoms with Gasteiger partial charge in [0, 0.05) is 16.5 Å². The molecule has 1 aromatic heterocycles. The maximum Gasteiger partial charge on any atom is 0.255 e. The molecule has 3 aromatic carbocycles. The van der Waals surface area contributed by atoms with E-state index in [4.69, 9.17) is 35.9 Å². The van der Waals surface area contributed by atoms with E-state index in [9.17, 15) is 4.79 Å². The van der Waals surface area contributed by atoms with E-state index < -0.39 is 6.04 Å². The fraction of sp³-hybridized carbons (Fsp3) is 0.281. The van der Waals surface area contributed by atoms with Crippen LogP contribution in [0.5, 0.6) is 17.2 Å². The molecule has 9 nitrogen and oxygen atoms in total. The van der Waals surface area contributed by atoms with E-state index in [0.29, 0.717) is 73.8 Å². The lowest BCUT2D eigenvalue weighted by atomic mass is 9.94. The van der Waals surface area contributed by atoms with E-state index in [-0.39, 0.29) is 5.91 Å². The van der Waals surface area contributed by atoms with E-state index in [1.54, 1.807) is 11.8 Å². The third kappa shape index (κ3) is 6.85. The number of hydrogen-bond acceptors (Lipinski definition) is 8. The fourth-order valence-electron chi connectivity index (χ4n) is 4.84. The summed E-state index contributed by atoms with van der Waals surface area (Å²) in [6.07, 6.45) is 0.845. The van der Waals surface area contributed by atoms with E-state index in [1.807, 2.05) is 81.4 Å². The Morgan fingerprint density at radius 3 is 2.64 bits per heavy atom. The van der Waals surface area contributed by atoms with Gasteiger partial charge >= 0.3 is 0 Å². The molecule has 1 aliphatic rings. The molecule has 1 unspecified atom stereocenters. The van der Waals surface area contributed by atoms with Crippen molar-refractivity contribution in [2.45, 2.75) is 44.1 Å². The number of para-hydroxylation sites is 2. The minimum Gasteiger partial charge on any atom is -0.493 e. The summed E-state index contributed by atoms with van der Waals surface area (Å²) < 4.78 is 19.9. The molecule has 12 heteroatoms. The number of anilines is 2.